The summed E-state index contributed by atoms with van der Waals surface area (Å²) in [5.41, 5.74) is 7.11. The number of aryl methyl sites for hydroxylation is 1. The number of rotatable bonds is 7. The van der Waals surface area contributed by atoms with Crippen LogP contribution in [-0.4, -0.2) is 30.1 Å². The molecule has 1 amide bonds. The molecule has 6 heteroatoms. The van der Waals surface area contributed by atoms with Crippen molar-refractivity contribution in [3.8, 4) is 5.75 Å². The van der Waals surface area contributed by atoms with Crippen LogP contribution in [0.4, 0.5) is 5.69 Å². The fourth-order valence-electron chi connectivity index (χ4n) is 1.50. The van der Waals surface area contributed by atoms with Crippen LogP contribution in [-0.2, 0) is 9.59 Å². The Morgan fingerprint density at radius 2 is 2.16 bits per heavy atom. The van der Waals surface area contributed by atoms with Crippen LogP contribution < -0.4 is 15.8 Å². The lowest BCUT2D eigenvalue weighted by Gasteiger charge is -2.09. The molecular weight excluding hydrogens is 248 g/mol. The minimum Gasteiger partial charge on any atom is -0.484 e. The number of nitrogen functional groups attached to an aromatic ring is 1. The smallest absolute Gasteiger partial charge is 0.303 e. The third kappa shape index (κ3) is 5.76. The molecule has 0 bridgehead atoms. The van der Waals surface area contributed by atoms with Gasteiger partial charge in [0.25, 0.3) is 5.91 Å². The number of nitrogens with one attached hydrogen (secondary N) is 1. The van der Waals surface area contributed by atoms with Gasteiger partial charge in [-0.1, -0.05) is 0 Å². The molecule has 1 aromatic rings. The van der Waals surface area contributed by atoms with E-state index in [0.29, 0.717) is 24.4 Å². The van der Waals surface area contributed by atoms with Crippen LogP contribution in [0.25, 0.3) is 0 Å². The second-order valence-electron chi connectivity index (χ2n) is 4.16. The van der Waals surface area contributed by atoms with Crippen molar-refractivity contribution >= 4 is 17.6 Å². The molecule has 4 N–H and O–H groups in total. The van der Waals surface area contributed by atoms with E-state index in [0.717, 1.165) is 5.56 Å². The molecule has 0 aliphatic carbocycles. The SMILES string of the molecule is Cc1cc(N)ccc1OCC(=O)NCCCC(=O)O. The highest BCUT2D eigenvalue weighted by Gasteiger charge is 2.05. The first kappa shape index (κ1) is 14.8. The molecule has 0 fully saturated rings. The van der Waals surface area contributed by atoms with Crippen LogP contribution in [0.3, 0.4) is 0 Å². The van der Waals surface area contributed by atoms with Crippen molar-refractivity contribution in [3.63, 3.8) is 0 Å². The van der Waals surface area contributed by atoms with E-state index in [-0.39, 0.29) is 18.9 Å². The number of anilines is 1. The van der Waals surface area contributed by atoms with Gasteiger partial charge in [0.1, 0.15) is 5.75 Å². The number of benzene rings is 1. The summed E-state index contributed by atoms with van der Waals surface area (Å²) in [6.45, 7) is 2.07. The van der Waals surface area contributed by atoms with Crippen molar-refractivity contribution in [1.82, 2.24) is 5.32 Å². The molecule has 0 spiro atoms. The standard InChI is InChI=1S/C13H18N2O4/c1-9-7-10(14)4-5-11(9)19-8-12(16)15-6-2-3-13(17)18/h4-5,7H,2-3,6,8,14H2,1H3,(H,15,16)(H,17,18). The Morgan fingerprint density at radius 3 is 2.79 bits per heavy atom. The van der Waals surface area contributed by atoms with Gasteiger partial charge >= 0.3 is 5.97 Å². The molecule has 0 atom stereocenters. The molecule has 6 nitrogen and oxygen atoms in total. The van der Waals surface area contributed by atoms with Crippen molar-refractivity contribution in [2.24, 2.45) is 0 Å². The molecule has 104 valence electrons. The van der Waals surface area contributed by atoms with E-state index in [2.05, 4.69) is 5.32 Å². The van der Waals surface area contributed by atoms with Crippen molar-refractivity contribution in [3.05, 3.63) is 23.8 Å². The van der Waals surface area contributed by atoms with Gasteiger partial charge in [-0.2, -0.15) is 0 Å². The second kappa shape index (κ2) is 7.25. The summed E-state index contributed by atoms with van der Waals surface area (Å²) >= 11 is 0. The first-order valence-electron chi connectivity index (χ1n) is 5.96. The van der Waals surface area contributed by atoms with E-state index in [4.69, 9.17) is 15.6 Å². The quantitative estimate of drug-likeness (QED) is 0.503. The summed E-state index contributed by atoms with van der Waals surface area (Å²) in [5.74, 6) is -0.542. The maximum atomic E-state index is 11.4. The topological polar surface area (TPSA) is 102 Å². The van der Waals surface area contributed by atoms with Gasteiger partial charge < -0.3 is 20.9 Å². The van der Waals surface area contributed by atoms with Gasteiger partial charge in [-0.3, -0.25) is 9.59 Å². The molecule has 0 aromatic heterocycles. The van der Waals surface area contributed by atoms with Crippen molar-refractivity contribution in [1.29, 1.82) is 0 Å². The highest BCUT2D eigenvalue weighted by atomic mass is 16.5. The van der Waals surface area contributed by atoms with E-state index in [1.807, 2.05) is 6.92 Å². The molecule has 0 saturated carbocycles. The predicted molar refractivity (Wildman–Crippen MR) is 71.0 cm³/mol. The van der Waals surface area contributed by atoms with Crippen LogP contribution >= 0.6 is 0 Å². The number of ether oxygens (including phenoxy) is 1. The average Bonchev–Trinajstić information content (AvgIpc) is 2.33. The van der Waals surface area contributed by atoms with E-state index >= 15 is 0 Å². The number of hydrogen-bond acceptors (Lipinski definition) is 4. The van der Waals surface area contributed by atoms with Crippen LogP contribution in [0.1, 0.15) is 18.4 Å². The molecule has 19 heavy (non-hydrogen) atoms. The van der Waals surface area contributed by atoms with Gasteiger partial charge in [0.05, 0.1) is 0 Å². The second-order valence-corrected chi connectivity index (χ2v) is 4.16. The summed E-state index contributed by atoms with van der Waals surface area (Å²) in [6.07, 6.45) is 0.445. The molecule has 1 rings (SSSR count). The molecule has 0 saturated heterocycles. The van der Waals surface area contributed by atoms with Crippen LogP contribution in [0.5, 0.6) is 5.75 Å². The lowest BCUT2D eigenvalue weighted by atomic mass is 10.2. The first-order chi connectivity index (χ1) is 8.99. The summed E-state index contributed by atoms with van der Waals surface area (Å²) in [4.78, 5) is 21.7. The number of aliphatic carboxylic acids is 1. The van der Waals surface area contributed by atoms with Gasteiger partial charge in [0, 0.05) is 18.7 Å². The third-order valence-corrected chi connectivity index (χ3v) is 2.45. The molecule has 0 aliphatic rings. The molecular formula is C13H18N2O4. The number of carboxylic acid groups (broad SMARTS) is 1. The summed E-state index contributed by atoms with van der Waals surface area (Å²) in [5, 5.41) is 11.0. The van der Waals surface area contributed by atoms with E-state index in [1.165, 1.54) is 0 Å². The fourth-order valence-corrected chi connectivity index (χ4v) is 1.50. The Labute approximate surface area is 111 Å². The zero-order valence-corrected chi connectivity index (χ0v) is 10.8. The summed E-state index contributed by atoms with van der Waals surface area (Å²) in [7, 11) is 0. The van der Waals surface area contributed by atoms with E-state index < -0.39 is 5.97 Å². The lowest BCUT2D eigenvalue weighted by Crippen LogP contribution is -2.30. The minimum absolute atomic E-state index is 0.0399. The number of carboxylic acids is 1. The molecule has 1 aromatic carbocycles. The summed E-state index contributed by atoms with van der Waals surface area (Å²) in [6, 6.07) is 5.18. The Hall–Kier alpha value is -2.24. The first-order valence-corrected chi connectivity index (χ1v) is 5.96. The number of hydrogen-bond donors (Lipinski definition) is 3. The Kier molecular flexibility index (Phi) is 5.66. The molecule has 0 radical (unpaired) electrons. The average molecular weight is 266 g/mol. The lowest BCUT2D eigenvalue weighted by molar-refractivity contribution is -0.137. The largest absolute Gasteiger partial charge is 0.484 e. The van der Waals surface area contributed by atoms with Crippen LogP contribution in [0, 0.1) is 6.92 Å². The zero-order valence-electron chi connectivity index (χ0n) is 10.8. The molecule has 0 aliphatic heterocycles. The zero-order chi connectivity index (χ0) is 14.3. The monoisotopic (exact) mass is 266 g/mol. The Balaban J connectivity index is 2.28. The van der Waals surface area contributed by atoms with Gasteiger partial charge in [0.15, 0.2) is 6.61 Å². The Bertz CT molecular complexity index is 460. The maximum Gasteiger partial charge on any atom is 0.303 e. The highest BCUT2D eigenvalue weighted by Crippen LogP contribution is 2.19. The van der Waals surface area contributed by atoms with Crippen molar-refractivity contribution in [2.45, 2.75) is 19.8 Å². The van der Waals surface area contributed by atoms with Gasteiger partial charge in [-0.25, -0.2) is 0 Å². The number of carbonyl (C=O) groups excluding carboxylic acids is 1. The van der Waals surface area contributed by atoms with E-state index in [9.17, 15) is 9.59 Å². The number of nitrogens with two attached hydrogens (primary N) is 1. The normalized spacial score (nSPS) is 9.95. The van der Waals surface area contributed by atoms with Gasteiger partial charge in [-0.05, 0) is 37.1 Å². The van der Waals surface area contributed by atoms with Crippen LogP contribution in [0.15, 0.2) is 18.2 Å². The van der Waals surface area contributed by atoms with Gasteiger partial charge in [0.2, 0.25) is 0 Å². The highest BCUT2D eigenvalue weighted by molar-refractivity contribution is 5.77. The number of amides is 1. The maximum absolute atomic E-state index is 11.4. The Morgan fingerprint density at radius 1 is 1.42 bits per heavy atom. The van der Waals surface area contributed by atoms with Crippen LogP contribution in [0.2, 0.25) is 0 Å². The number of carbonyl (C=O) groups is 2. The van der Waals surface area contributed by atoms with E-state index in [1.54, 1.807) is 18.2 Å². The minimum atomic E-state index is -0.872. The third-order valence-electron chi connectivity index (χ3n) is 2.45. The van der Waals surface area contributed by atoms with Crippen molar-refractivity contribution < 1.29 is 19.4 Å². The predicted octanol–water partition coefficient (Wildman–Crippen LogP) is 0.937. The fraction of sp³-hybridized carbons (Fsp3) is 0.385. The molecule has 0 heterocycles. The summed E-state index contributed by atoms with van der Waals surface area (Å²) < 4.78 is 5.35. The molecule has 0 unspecified atom stereocenters. The van der Waals surface area contributed by atoms with Crippen molar-refractivity contribution in [2.75, 3.05) is 18.9 Å². The van der Waals surface area contributed by atoms with Gasteiger partial charge in [-0.15, -0.1) is 0 Å².